The van der Waals surface area contributed by atoms with E-state index in [9.17, 15) is 4.39 Å². The van der Waals surface area contributed by atoms with Gasteiger partial charge in [-0.3, -0.25) is 0 Å². The van der Waals surface area contributed by atoms with Crippen molar-refractivity contribution in [2.75, 3.05) is 0 Å². The van der Waals surface area contributed by atoms with Crippen LogP contribution in [-0.2, 0) is 0 Å². The van der Waals surface area contributed by atoms with Gasteiger partial charge in [0.2, 0.25) is 0 Å². The Kier molecular flexibility index (Phi) is 9.40. The van der Waals surface area contributed by atoms with E-state index in [0.29, 0.717) is 14.1 Å². The molecule has 1 unspecified atom stereocenters. The molecule has 2 aromatic carbocycles. The largest absolute Gasteiger partial charge is 0.206 e. The molecule has 2 rings (SSSR count). The molecule has 0 N–H and O–H groups in total. The summed E-state index contributed by atoms with van der Waals surface area (Å²) in [6.45, 7) is 19.8. The second kappa shape index (κ2) is 11.3. The van der Waals surface area contributed by atoms with Crippen LogP contribution >= 0.6 is 8.58 Å². The summed E-state index contributed by atoms with van der Waals surface area (Å²) in [6, 6.07) is 13.8. The van der Waals surface area contributed by atoms with Gasteiger partial charge in [-0.2, -0.15) is 0 Å². The van der Waals surface area contributed by atoms with Gasteiger partial charge < -0.3 is 0 Å². The minimum Gasteiger partial charge on any atom is -0.206 e. The summed E-state index contributed by atoms with van der Waals surface area (Å²) >= 11 is 0. The van der Waals surface area contributed by atoms with E-state index >= 15 is 0 Å². The fraction of sp³-hybridized carbons (Fsp3) is 0.120. The van der Waals surface area contributed by atoms with Crippen molar-refractivity contribution in [1.29, 1.82) is 0 Å². The molecule has 0 heterocycles. The summed E-state index contributed by atoms with van der Waals surface area (Å²) in [5.41, 5.74) is 4.66. The second-order valence-electron chi connectivity index (χ2n) is 6.07. The molecule has 0 aromatic heterocycles. The normalized spacial score (nSPS) is 11.9. The Bertz CT molecular complexity index is 854. The van der Waals surface area contributed by atoms with Crippen molar-refractivity contribution < 1.29 is 4.39 Å². The van der Waals surface area contributed by atoms with Gasteiger partial charge in [-0.25, -0.2) is 4.39 Å². The highest BCUT2D eigenvalue weighted by Crippen LogP contribution is 2.33. The van der Waals surface area contributed by atoms with E-state index in [1.165, 1.54) is 10.9 Å². The molecular weight excluding hydrogens is 350 g/mol. The maximum absolute atomic E-state index is 14.6. The van der Waals surface area contributed by atoms with Crippen molar-refractivity contribution in [2.24, 2.45) is 0 Å². The van der Waals surface area contributed by atoms with Gasteiger partial charge in [0.05, 0.1) is 0 Å². The average Bonchev–Trinajstić information content (AvgIpc) is 2.68. The summed E-state index contributed by atoms with van der Waals surface area (Å²) in [5.74, 6) is -0.212. The SMILES string of the molecule is C=C.C=C/C=C\C(C)=C(/C)c1ccc(C(=C)Pc2ccc(C)cc2)cc1F. The lowest BCUT2D eigenvalue weighted by Gasteiger charge is -2.11. The minimum absolute atomic E-state index is 0.212. The van der Waals surface area contributed by atoms with Gasteiger partial charge in [0.25, 0.3) is 0 Å². The van der Waals surface area contributed by atoms with Crippen LogP contribution in [0.1, 0.15) is 30.5 Å². The number of halogens is 1. The third-order valence-corrected chi connectivity index (χ3v) is 5.35. The maximum atomic E-state index is 14.6. The zero-order chi connectivity index (χ0) is 20.4. The number of hydrogen-bond acceptors (Lipinski definition) is 0. The summed E-state index contributed by atoms with van der Waals surface area (Å²) in [6.07, 6.45) is 5.51. The van der Waals surface area contributed by atoms with E-state index < -0.39 is 0 Å². The van der Waals surface area contributed by atoms with Crippen LogP contribution in [-0.4, -0.2) is 0 Å². The molecule has 0 nitrogen and oxygen atoms in total. The van der Waals surface area contributed by atoms with Crippen LogP contribution in [0, 0.1) is 12.7 Å². The monoisotopic (exact) mass is 378 g/mol. The van der Waals surface area contributed by atoms with Crippen LogP contribution in [0.4, 0.5) is 4.39 Å². The smallest absolute Gasteiger partial charge is 0.131 e. The molecule has 1 atom stereocenters. The molecule has 0 aliphatic carbocycles. The molecule has 0 fully saturated rings. The molecule has 0 radical (unpaired) electrons. The van der Waals surface area contributed by atoms with Crippen molar-refractivity contribution in [3.05, 3.63) is 115 Å². The second-order valence-corrected chi connectivity index (χ2v) is 7.50. The van der Waals surface area contributed by atoms with Gasteiger partial charge in [0.1, 0.15) is 5.82 Å². The average molecular weight is 378 g/mol. The van der Waals surface area contributed by atoms with Crippen LogP contribution < -0.4 is 5.30 Å². The van der Waals surface area contributed by atoms with E-state index in [2.05, 4.69) is 57.5 Å². The molecule has 2 aromatic rings. The molecule has 0 aliphatic heterocycles. The van der Waals surface area contributed by atoms with Gasteiger partial charge in [-0.1, -0.05) is 81.9 Å². The fourth-order valence-electron chi connectivity index (χ4n) is 2.44. The Labute approximate surface area is 165 Å². The zero-order valence-corrected chi connectivity index (χ0v) is 17.5. The van der Waals surface area contributed by atoms with Crippen LogP contribution in [0.15, 0.2) is 92.6 Å². The molecule has 0 saturated carbocycles. The number of benzene rings is 2. The molecule has 0 bridgehead atoms. The van der Waals surface area contributed by atoms with Crippen LogP contribution in [0.25, 0.3) is 10.9 Å². The summed E-state index contributed by atoms with van der Waals surface area (Å²) in [4.78, 5) is 0. The maximum Gasteiger partial charge on any atom is 0.131 e. The predicted molar refractivity (Wildman–Crippen MR) is 123 cm³/mol. The Morgan fingerprint density at radius 3 is 2.22 bits per heavy atom. The highest BCUT2D eigenvalue weighted by atomic mass is 31.1. The topological polar surface area (TPSA) is 0 Å². The Morgan fingerprint density at radius 1 is 1.04 bits per heavy atom. The lowest BCUT2D eigenvalue weighted by molar-refractivity contribution is 0.623. The fourth-order valence-corrected chi connectivity index (χ4v) is 3.42. The van der Waals surface area contributed by atoms with Gasteiger partial charge in [-0.05, 0) is 54.2 Å². The summed E-state index contributed by atoms with van der Waals surface area (Å²) in [7, 11) is 0.440. The van der Waals surface area contributed by atoms with Crippen molar-refractivity contribution in [3.63, 3.8) is 0 Å². The van der Waals surface area contributed by atoms with Gasteiger partial charge in [-0.15, -0.1) is 13.2 Å². The van der Waals surface area contributed by atoms with Crippen molar-refractivity contribution in [2.45, 2.75) is 20.8 Å². The van der Waals surface area contributed by atoms with E-state index in [1.807, 2.05) is 38.1 Å². The Morgan fingerprint density at radius 2 is 1.67 bits per heavy atom. The van der Waals surface area contributed by atoms with Gasteiger partial charge in [0.15, 0.2) is 0 Å². The number of hydrogen-bond donors (Lipinski definition) is 0. The molecule has 140 valence electrons. The van der Waals surface area contributed by atoms with Gasteiger partial charge >= 0.3 is 0 Å². The lowest BCUT2D eigenvalue weighted by Crippen LogP contribution is -1.95. The first kappa shape index (κ1) is 22.5. The summed E-state index contributed by atoms with van der Waals surface area (Å²) < 4.78 is 14.6. The number of rotatable bonds is 6. The number of allylic oxidation sites excluding steroid dienone is 5. The Balaban J connectivity index is 0.00000176. The van der Waals surface area contributed by atoms with Crippen molar-refractivity contribution >= 4 is 24.8 Å². The highest BCUT2D eigenvalue weighted by Gasteiger charge is 2.09. The molecule has 0 aliphatic rings. The first-order chi connectivity index (χ1) is 12.9. The third-order valence-electron chi connectivity index (χ3n) is 4.14. The first-order valence-electron chi connectivity index (χ1n) is 8.72. The van der Waals surface area contributed by atoms with Crippen LogP contribution in [0.5, 0.6) is 0 Å². The molecule has 0 saturated heterocycles. The molecule has 27 heavy (non-hydrogen) atoms. The van der Waals surface area contributed by atoms with Crippen LogP contribution in [0.2, 0.25) is 0 Å². The first-order valence-corrected chi connectivity index (χ1v) is 9.72. The molecule has 0 spiro atoms. The van der Waals surface area contributed by atoms with Crippen molar-refractivity contribution in [3.8, 4) is 0 Å². The molecule has 2 heteroatoms. The number of aryl methyl sites for hydroxylation is 1. The van der Waals surface area contributed by atoms with Crippen LogP contribution in [0.3, 0.4) is 0 Å². The zero-order valence-electron chi connectivity index (χ0n) is 16.5. The quantitative estimate of drug-likeness (QED) is 0.278. The molecule has 0 amide bonds. The van der Waals surface area contributed by atoms with E-state index in [0.717, 1.165) is 22.0 Å². The van der Waals surface area contributed by atoms with E-state index in [4.69, 9.17) is 0 Å². The van der Waals surface area contributed by atoms with Crippen molar-refractivity contribution in [1.82, 2.24) is 0 Å². The Hall–Kier alpha value is -2.50. The standard InChI is InChI=1S/C23H24FP.C2H4/c1-6-7-8-17(3)18(4)22-14-11-20(15-23(22)24)19(5)25-21-12-9-16(2)10-13-21;1-2/h6-15,25H,1,5H2,2-4H3;1-2H2/b8-7-,18-17+;. The van der Waals surface area contributed by atoms with E-state index in [1.54, 1.807) is 12.1 Å². The third kappa shape index (κ3) is 6.62. The predicted octanol–water partition coefficient (Wildman–Crippen LogP) is 7.45. The summed E-state index contributed by atoms with van der Waals surface area (Å²) in [5, 5.41) is 2.15. The lowest BCUT2D eigenvalue weighted by atomic mass is 10.00. The van der Waals surface area contributed by atoms with E-state index in [-0.39, 0.29) is 5.82 Å². The van der Waals surface area contributed by atoms with Gasteiger partial charge in [0, 0.05) is 5.56 Å². The minimum atomic E-state index is -0.212. The highest BCUT2D eigenvalue weighted by molar-refractivity contribution is 7.58. The molecular formula is C25H28FP.